The van der Waals surface area contributed by atoms with E-state index in [4.69, 9.17) is 9.72 Å². The number of ketones is 1. The third-order valence-corrected chi connectivity index (χ3v) is 7.20. The summed E-state index contributed by atoms with van der Waals surface area (Å²) in [4.78, 5) is 35.5. The molecule has 0 aliphatic carbocycles. The number of Topliss-reactive ketones (excluding diaryl/α,β-unsaturated/α-hetero) is 1. The number of aromatic nitrogens is 2. The fourth-order valence-corrected chi connectivity index (χ4v) is 5.31. The van der Waals surface area contributed by atoms with Crippen molar-refractivity contribution in [1.82, 2.24) is 14.9 Å². The van der Waals surface area contributed by atoms with Gasteiger partial charge in [-0.3, -0.25) is 15.0 Å². The Hall–Kier alpha value is -3.65. The van der Waals surface area contributed by atoms with Crippen LogP contribution in [0.3, 0.4) is 0 Å². The van der Waals surface area contributed by atoms with Crippen molar-refractivity contribution in [3.63, 3.8) is 0 Å². The van der Waals surface area contributed by atoms with E-state index in [0.717, 1.165) is 42.9 Å². The first-order valence-electron chi connectivity index (χ1n) is 12.3. The Morgan fingerprint density at radius 2 is 1.86 bits per heavy atom. The van der Waals surface area contributed by atoms with E-state index in [1.165, 1.54) is 19.1 Å². The fraction of sp³-hybridized carbons (Fsp3) is 0.357. The van der Waals surface area contributed by atoms with Gasteiger partial charge < -0.3 is 4.74 Å². The molecule has 7 nitrogen and oxygen atoms in total. The van der Waals surface area contributed by atoms with Gasteiger partial charge in [-0.25, -0.2) is 19.2 Å². The second-order valence-electron chi connectivity index (χ2n) is 9.63. The third-order valence-electron chi connectivity index (χ3n) is 7.20. The van der Waals surface area contributed by atoms with Crippen LogP contribution in [0.15, 0.2) is 54.6 Å². The number of piperidine rings is 3. The molecule has 6 rings (SSSR count). The standard InChI is InChI=1S/C28H29FN4O3/c1-17(34)19-5-9-23(10-6-19)32-28(35)36-16-24-13-21-11-12-33(24)15-25(21)27-14-26(30-18(2)31-27)20-3-7-22(29)8-4-20/h3-10,14,21,24-25H,11-13,15-16H2,1-2H3,(H,32,35)/t21-,24+,25+/m0/s1. The van der Waals surface area contributed by atoms with Gasteiger partial charge in [-0.1, -0.05) is 0 Å². The number of anilines is 1. The van der Waals surface area contributed by atoms with Crippen LogP contribution >= 0.6 is 0 Å². The third kappa shape index (κ3) is 5.28. The van der Waals surface area contributed by atoms with Gasteiger partial charge in [0.2, 0.25) is 0 Å². The molecule has 2 aromatic carbocycles. The van der Waals surface area contributed by atoms with E-state index in [1.54, 1.807) is 36.4 Å². The van der Waals surface area contributed by atoms with E-state index >= 15 is 0 Å². The second-order valence-corrected chi connectivity index (χ2v) is 9.63. The van der Waals surface area contributed by atoms with Gasteiger partial charge in [0.15, 0.2) is 5.78 Å². The lowest BCUT2D eigenvalue weighted by molar-refractivity contribution is -0.00151. The Balaban J connectivity index is 1.20. The summed E-state index contributed by atoms with van der Waals surface area (Å²) >= 11 is 0. The van der Waals surface area contributed by atoms with Crippen LogP contribution in [0.2, 0.25) is 0 Å². The number of carbonyl (C=O) groups is 2. The SMILES string of the molecule is CC(=O)c1ccc(NC(=O)OC[C@H]2C[C@@H]3CCN2C[C@H]3c2cc(-c3ccc(F)cc3)nc(C)n2)cc1. The zero-order valence-electron chi connectivity index (χ0n) is 20.4. The minimum absolute atomic E-state index is 0.0207. The summed E-state index contributed by atoms with van der Waals surface area (Å²) in [6, 6.07) is 15.3. The highest BCUT2D eigenvalue weighted by Gasteiger charge is 2.42. The summed E-state index contributed by atoms with van der Waals surface area (Å²) in [6.07, 6.45) is 1.51. The molecule has 2 bridgehead atoms. The Labute approximate surface area is 209 Å². The number of aryl methyl sites for hydroxylation is 1. The summed E-state index contributed by atoms with van der Waals surface area (Å²) in [7, 11) is 0. The molecule has 3 saturated heterocycles. The van der Waals surface area contributed by atoms with Gasteiger partial charge in [0.05, 0.1) is 5.69 Å². The van der Waals surface area contributed by atoms with Crippen molar-refractivity contribution in [3.05, 3.63) is 77.5 Å². The molecule has 186 valence electrons. The molecule has 3 aliphatic heterocycles. The number of fused-ring (bicyclic) bond motifs is 3. The zero-order chi connectivity index (χ0) is 25.2. The molecule has 0 spiro atoms. The van der Waals surface area contributed by atoms with Gasteiger partial charge in [0, 0.05) is 41.0 Å². The molecule has 0 saturated carbocycles. The molecule has 1 N–H and O–H groups in total. The first-order valence-corrected chi connectivity index (χ1v) is 12.3. The normalized spacial score (nSPS) is 22.8. The fourth-order valence-electron chi connectivity index (χ4n) is 5.31. The van der Waals surface area contributed by atoms with Crippen LogP contribution in [-0.4, -0.2) is 52.5 Å². The second kappa shape index (κ2) is 10.1. The lowest BCUT2D eigenvalue weighted by Gasteiger charge is -2.49. The number of ether oxygens (including phenoxy) is 1. The summed E-state index contributed by atoms with van der Waals surface area (Å²) in [5.74, 6) is 1.14. The van der Waals surface area contributed by atoms with Crippen molar-refractivity contribution in [3.8, 4) is 11.3 Å². The topological polar surface area (TPSA) is 84.4 Å². The maximum absolute atomic E-state index is 13.4. The maximum atomic E-state index is 13.4. The number of hydrogen-bond donors (Lipinski definition) is 1. The van der Waals surface area contributed by atoms with Gasteiger partial charge in [-0.15, -0.1) is 0 Å². The van der Waals surface area contributed by atoms with Crippen LogP contribution in [0.1, 0.15) is 47.6 Å². The highest BCUT2D eigenvalue weighted by molar-refractivity contribution is 5.94. The van der Waals surface area contributed by atoms with Crippen LogP contribution in [0.25, 0.3) is 11.3 Å². The number of carbonyl (C=O) groups excluding carboxylic acids is 2. The molecular formula is C28H29FN4O3. The van der Waals surface area contributed by atoms with Gasteiger partial charge in [0.25, 0.3) is 0 Å². The summed E-state index contributed by atoms with van der Waals surface area (Å²) in [6.45, 7) is 5.54. The predicted octanol–water partition coefficient (Wildman–Crippen LogP) is 5.22. The average molecular weight is 489 g/mol. The molecule has 4 atom stereocenters. The molecule has 3 aromatic rings. The Kier molecular flexibility index (Phi) is 6.78. The predicted molar refractivity (Wildman–Crippen MR) is 134 cm³/mol. The molecule has 1 aromatic heterocycles. The van der Waals surface area contributed by atoms with E-state index in [9.17, 15) is 14.0 Å². The number of benzene rings is 2. The highest BCUT2D eigenvalue weighted by Crippen LogP contribution is 2.42. The lowest BCUT2D eigenvalue weighted by Crippen LogP contribution is -2.54. The molecule has 36 heavy (non-hydrogen) atoms. The van der Waals surface area contributed by atoms with Crippen LogP contribution in [0, 0.1) is 18.7 Å². The first kappa shape index (κ1) is 24.1. The first-order chi connectivity index (χ1) is 17.4. The van der Waals surface area contributed by atoms with Crippen LogP contribution < -0.4 is 5.32 Å². The van der Waals surface area contributed by atoms with Crippen molar-refractivity contribution in [1.29, 1.82) is 0 Å². The molecule has 8 heteroatoms. The monoisotopic (exact) mass is 488 g/mol. The van der Waals surface area contributed by atoms with Crippen molar-refractivity contribution < 1.29 is 18.7 Å². The largest absolute Gasteiger partial charge is 0.448 e. The zero-order valence-corrected chi connectivity index (χ0v) is 20.4. The number of hydrogen-bond acceptors (Lipinski definition) is 6. The molecule has 1 amide bonds. The number of halogens is 1. The van der Waals surface area contributed by atoms with Crippen molar-refractivity contribution in [2.75, 3.05) is 25.0 Å². The van der Waals surface area contributed by atoms with E-state index in [0.29, 0.717) is 29.6 Å². The van der Waals surface area contributed by atoms with Crippen LogP contribution in [-0.2, 0) is 4.74 Å². The Morgan fingerprint density at radius 3 is 2.53 bits per heavy atom. The minimum atomic E-state index is -0.500. The maximum Gasteiger partial charge on any atom is 0.411 e. The molecule has 0 radical (unpaired) electrons. The van der Waals surface area contributed by atoms with Crippen molar-refractivity contribution >= 4 is 17.6 Å². The van der Waals surface area contributed by atoms with E-state index < -0.39 is 6.09 Å². The number of rotatable bonds is 6. The lowest BCUT2D eigenvalue weighted by atomic mass is 9.74. The Bertz CT molecular complexity index is 1260. The molecule has 4 heterocycles. The van der Waals surface area contributed by atoms with E-state index in [2.05, 4.69) is 15.2 Å². The average Bonchev–Trinajstić information content (AvgIpc) is 2.88. The van der Waals surface area contributed by atoms with Crippen LogP contribution in [0.4, 0.5) is 14.9 Å². The Morgan fingerprint density at radius 1 is 1.11 bits per heavy atom. The highest BCUT2D eigenvalue weighted by atomic mass is 19.1. The summed E-state index contributed by atoms with van der Waals surface area (Å²) in [5, 5.41) is 2.73. The molecule has 1 unspecified atom stereocenters. The number of nitrogens with zero attached hydrogens (tertiary/aromatic N) is 3. The van der Waals surface area contributed by atoms with Gasteiger partial charge in [-0.05, 0) is 93.7 Å². The number of nitrogens with one attached hydrogen (secondary N) is 1. The van der Waals surface area contributed by atoms with Crippen molar-refractivity contribution in [2.45, 2.75) is 38.6 Å². The van der Waals surface area contributed by atoms with Gasteiger partial charge >= 0.3 is 6.09 Å². The number of amides is 1. The van der Waals surface area contributed by atoms with Crippen LogP contribution in [0.5, 0.6) is 0 Å². The van der Waals surface area contributed by atoms with E-state index in [-0.39, 0.29) is 23.6 Å². The molecule has 3 fully saturated rings. The van der Waals surface area contributed by atoms with Gasteiger partial charge in [0.1, 0.15) is 18.2 Å². The molecule has 3 aliphatic rings. The van der Waals surface area contributed by atoms with E-state index in [1.807, 2.05) is 13.0 Å². The quantitative estimate of drug-likeness (QED) is 0.479. The van der Waals surface area contributed by atoms with Gasteiger partial charge in [-0.2, -0.15) is 0 Å². The smallest absolute Gasteiger partial charge is 0.411 e. The minimum Gasteiger partial charge on any atom is -0.448 e. The summed E-state index contributed by atoms with van der Waals surface area (Å²) in [5.41, 5.74) is 3.88. The van der Waals surface area contributed by atoms with Crippen molar-refractivity contribution in [2.24, 2.45) is 5.92 Å². The summed E-state index contributed by atoms with van der Waals surface area (Å²) < 4.78 is 18.9. The molecular weight excluding hydrogens is 459 g/mol.